The number of amides is 1. The summed E-state index contributed by atoms with van der Waals surface area (Å²) in [6, 6.07) is -1.65. The van der Waals surface area contributed by atoms with Gasteiger partial charge in [-0.3, -0.25) is 18.9 Å². The Balaban J connectivity index is 0. The van der Waals surface area contributed by atoms with Gasteiger partial charge in [0.05, 0.1) is 14.4 Å². The number of rotatable bonds is 44. The summed E-state index contributed by atoms with van der Waals surface area (Å²) in [5, 5.41) is 2.63. The predicted octanol–water partition coefficient (Wildman–Crippen LogP) is 5.09. The Hall–Kier alpha value is 0.590. The van der Waals surface area contributed by atoms with Gasteiger partial charge in [-0.2, -0.15) is 0 Å². The van der Waals surface area contributed by atoms with Crippen LogP contribution in [0.3, 0.4) is 0 Å². The van der Waals surface area contributed by atoms with Crippen LogP contribution in [0.2, 0.25) is 0 Å². The average molecular weight is 1010 g/mol. The maximum atomic E-state index is 13.5. The minimum absolute atomic E-state index is 0. The molecule has 1 amide bonds. The summed E-state index contributed by atoms with van der Waals surface area (Å²) in [6.45, 7) is 5.62. The van der Waals surface area contributed by atoms with Gasteiger partial charge < -0.3 is 48.2 Å². The van der Waals surface area contributed by atoms with Crippen LogP contribution in [0, 0.1) is 0 Å². The van der Waals surface area contributed by atoms with Crippen LogP contribution in [-0.4, -0.2) is 64.9 Å². The number of carbonyl (C=O) groups excluding carboxylic acids is 3. The number of hydrogen-bond acceptors (Lipinski definition) is 12. The zero-order valence-corrected chi connectivity index (χ0v) is 48.5. The molecule has 19 heteroatoms. The van der Waals surface area contributed by atoms with Crippen molar-refractivity contribution >= 4 is 33.5 Å². The summed E-state index contributed by atoms with van der Waals surface area (Å²) < 4.78 is 50.9. The summed E-state index contributed by atoms with van der Waals surface area (Å²) >= 11 is 0. The maximum absolute atomic E-state index is 13.5. The third kappa shape index (κ3) is 40.7. The molecular formula is C48H91NNa2O14P2. The topological polar surface area (TPSA) is 230 Å². The Morgan fingerprint density at radius 1 is 0.507 bits per heavy atom. The molecule has 0 aromatic rings. The number of unbranched alkanes of at least 4 members (excludes halogenated alkanes) is 30. The molecule has 1 rings (SSSR count). The molecule has 0 spiro atoms. The van der Waals surface area contributed by atoms with E-state index >= 15 is 0 Å². The van der Waals surface area contributed by atoms with Gasteiger partial charge in [-0.25, -0.2) is 4.57 Å². The van der Waals surface area contributed by atoms with Gasteiger partial charge in [0.1, 0.15) is 12.1 Å². The summed E-state index contributed by atoms with van der Waals surface area (Å²) in [7, 11) is -11.0. The van der Waals surface area contributed by atoms with E-state index in [-0.39, 0.29) is 78.4 Å². The quantitative estimate of drug-likeness (QED) is 0.0313. The molecule has 0 aromatic carbocycles. The van der Waals surface area contributed by atoms with Gasteiger partial charge in [-0.1, -0.05) is 213 Å². The van der Waals surface area contributed by atoms with Crippen molar-refractivity contribution in [1.29, 1.82) is 0 Å². The van der Waals surface area contributed by atoms with Crippen molar-refractivity contribution in [1.82, 2.24) is 5.32 Å². The van der Waals surface area contributed by atoms with Gasteiger partial charge in [0.2, 0.25) is 5.91 Å². The van der Waals surface area contributed by atoms with Gasteiger partial charge in [-0.05, 0) is 19.3 Å². The molecule has 0 unspecified atom stereocenters. The molecule has 0 aromatic heterocycles. The van der Waals surface area contributed by atoms with E-state index in [2.05, 4.69) is 26.1 Å². The third-order valence-corrected chi connectivity index (χ3v) is 13.1. The number of ether oxygens (including phenoxy) is 3. The monoisotopic (exact) mass is 1010 g/mol. The van der Waals surface area contributed by atoms with Crippen LogP contribution in [0.5, 0.6) is 0 Å². The van der Waals surface area contributed by atoms with E-state index in [4.69, 9.17) is 23.3 Å². The summed E-state index contributed by atoms with van der Waals surface area (Å²) in [5.41, 5.74) is 0. The second-order valence-corrected chi connectivity index (χ2v) is 20.6. The Bertz CT molecular complexity index is 1310. The fourth-order valence-corrected chi connectivity index (χ4v) is 9.13. The fourth-order valence-electron chi connectivity index (χ4n) is 8.36. The molecule has 0 saturated carbocycles. The second kappa shape index (κ2) is 45.2. The molecule has 3 N–H and O–H groups in total. The van der Waals surface area contributed by atoms with Gasteiger partial charge >= 0.3 is 78.9 Å². The number of carbonyl (C=O) groups is 3. The van der Waals surface area contributed by atoms with E-state index < -0.39 is 70.7 Å². The van der Waals surface area contributed by atoms with Gasteiger partial charge in [0.15, 0.2) is 18.5 Å². The first-order chi connectivity index (χ1) is 31.2. The number of nitrogens with one attached hydrogen (secondary N) is 1. The van der Waals surface area contributed by atoms with Crippen molar-refractivity contribution < 1.29 is 125 Å². The van der Waals surface area contributed by atoms with Crippen molar-refractivity contribution in [3.63, 3.8) is 0 Å². The molecule has 1 aliphatic rings. The van der Waals surface area contributed by atoms with E-state index in [1.807, 2.05) is 0 Å². The number of hydrogen-bond donors (Lipinski definition) is 3. The number of esters is 2. The molecule has 1 fully saturated rings. The van der Waals surface area contributed by atoms with Crippen molar-refractivity contribution in [3.8, 4) is 0 Å². The van der Waals surface area contributed by atoms with Crippen LogP contribution in [0.1, 0.15) is 252 Å². The molecule has 1 saturated heterocycles. The minimum atomic E-state index is -5.84. The minimum Gasteiger partial charge on any atom is -0.790 e. The Morgan fingerprint density at radius 3 is 1.15 bits per heavy atom. The van der Waals surface area contributed by atoms with E-state index in [0.29, 0.717) is 19.3 Å². The molecular weight excluding hydrogens is 922 g/mol. The third-order valence-electron chi connectivity index (χ3n) is 12.1. The molecule has 0 radical (unpaired) electrons. The zero-order valence-electron chi connectivity index (χ0n) is 42.7. The molecule has 384 valence electrons. The first-order valence-corrected chi connectivity index (χ1v) is 28.9. The molecule has 15 nitrogen and oxygen atoms in total. The van der Waals surface area contributed by atoms with Crippen LogP contribution in [-0.2, 0) is 46.8 Å². The van der Waals surface area contributed by atoms with Crippen molar-refractivity contribution in [2.45, 2.75) is 283 Å². The van der Waals surface area contributed by atoms with E-state index in [9.17, 15) is 43.1 Å². The van der Waals surface area contributed by atoms with Gasteiger partial charge in [-0.15, -0.1) is 0 Å². The maximum Gasteiger partial charge on any atom is 1.00 e. The molecule has 0 bridgehead atoms. The van der Waals surface area contributed by atoms with Crippen LogP contribution in [0.25, 0.3) is 0 Å². The van der Waals surface area contributed by atoms with Crippen molar-refractivity contribution in [2.75, 3.05) is 6.61 Å². The molecule has 67 heavy (non-hydrogen) atoms. The van der Waals surface area contributed by atoms with Crippen molar-refractivity contribution in [2.24, 2.45) is 0 Å². The fraction of sp³-hybridized carbons (Fsp3) is 0.938. The van der Waals surface area contributed by atoms with Crippen LogP contribution in [0.4, 0.5) is 0 Å². The first kappa shape index (κ1) is 69.7. The normalized spacial score (nSPS) is 18.5. The van der Waals surface area contributed by atoms with Gasteiger partial charge in [0, 0.05) is 19.3 Å². The largest absolute Gasteiger partial charge is 1.00 e. The van der Waals surface area contributed by atoms with E-state index in [0.717, 1.165) is 83.5 Å². The van der Waals surface area contributed by atoms with Gasteiger partial charge in [0.25, 0.3) is 0 Å². The smallest absolute Gasteiger partial charge is 0.790 e. The molecule has 5 atom stereocenters. The number of phosphoric acid groups is 2. The SMILES string of the molecule is CCCCCCCCCCCCCC(=O)N[C@H]1[C@@H](OP(=O)([O-])[O-])O[C@H](COP(=O)(O)O)[C@@H](OC(=O)CCCCCCCCCCCCC)[C@@H]1OC(=O)CCCCCCCCCCCCC.[Na+].[Na+]. The Labute approximate surface area is 450 Å². The summed E-state index contributed by atoms with van der Waals surface area (Å²) in [4.78, 5) is 83.6. The molecule has 1 aliphatic heterocycles. The molecule has 0 aliphatic carbocycles. The Morgan fingerprint density at radius 2 is 0.821 bits per heavy atom. The summed E-state index contributed by atoms with van der Waals surface area (Å²) in [6.07, 6.45) is 27.7. The predicted molar refractivity (Wildman–Crippen MR) is 250 cm³/mol. The summed E-state index contributed by atoms with van der Waals surface area (Å²) in [5.74, 6) is -2.05. The van der Waals surface area contributed by atoms with Crippen LogP contribution in [0.15, 0.2) is 0 Å². The zero-order chi connectivity index (χ0) is 48.0. The van der Waals surface area contributed by atoms with Crippen molar-refractivity contribution in [3.05, 3.63) is 0 Å². The van der Waals surface area contributed by atoms with E-state index in [1.165, 1.54) is 109 Å². The van der Waals surface area contributed by atoms with Crippen LogP contribution >= 0.6 is 15.6 Å². The molecule has 1 heterocycles. The first-order valence-electron chi connectivity index (χ1n) is 25.9. The second-order valence-electron chi connectivity index (χ2n) is 18.2. The average Bonchev–Trinajstić information content (AvgIpc) is 3.24. The van der Waals surface area contributed by atoms with Crippen LogP contribution < -0.4 is 74.2 Å². The van der Waals surface area contributed by atoms with E-state index in [1.54, 1.807) is 0 Å². The standard InChI is InChI=1S/C48H93NO14P2.2Na/c1-4-7-10-13-16-19-22-25-28-31-34-37-42(50)49-45-47(62-44(52)39-36-33-30-27-24-21-18-15-12-9-6-3)46(41(40-59-64(53,54)55)60-48(45)63-65(56,57)58)61-43(51)38-35-32-29-26-23-20-17-14-11-8-5-2;;/h41,45-48H,4-40H2,1-3H3,(H,49,50)(H2,53,54,55)(H2,56,57,58);;/q;2*+1/p-2/t41-,45-,46-,47-,48-;;/m1../s1. The Kier molecular flexibility index (Phi) is 47.0. The number of phosphoric ester groups is 2.